The standard InChI is InChI=1S/C15H33N3.C2H6/c1-14(2)6-9-18-12-10-17(11-13-18)8-5-7-16-15(3)4;1-2/h14-16H,5-13H2,1-4H3;1-2H3. The van der Waals surface area contributed by atoms with Crippen LogP contribution < -0.4 is 5.32 Å². The molecular formula is C17H39N3. The van der Waals surface area contributed by atoms with Crippen LogP contribution in [0.1, 0.15) is 54.4 Å². The van der Waals surface area contributed by atoms with Crippen LogP contribution in [0.15, 0.2) is 0 Å². The second-order valence-electron chi connectivity index (χ2n) is 6.33. The molecule has 0 bridgehead atoms. The highest BCUT2D eigenvalue weighted by molar-refractivity contribution is 4.72. The second-order valence-corrected chi connectivity index (χ2v) is 6.33. The molecule has 1 fully saturated rings. The molecule has 0 spiro atoms. The zero-order valence-electron chi connectivity index (χ0n) is 14.9. The molecule has 0 aromatic heterocycles. The van der Waals surface area contributed by atoms with Crippen molar-refractivity contribution in [3.8, 4) is 0 Å². The first-order chi connectivity index (χ1) is 9.58. The molecule has 1 heterocycles. The van der Waals surface area contributed by atoms with E-state index in [-0.39, 0.29) is 0 Å². The van der Waals surface area contributed by atoms with E-state index < -0.39 is 0 Å². The third-order valence-electron chi connectivity index (χ3n) is 3.69. The largest absolute Gasteiger partial charge is 0.314 e. The number of rotatable bonds is 8. The fraction of sp³-hybridized carbons (Fsp3) is 1.00. The average Bonchev–Trinajstić information content (AvgIpc) is 2.44. The van der Waals surface area contributed by atoms with Gasteiger partial charge in [-0.25, -0.2) is 0 Å². The lowest BCUT2D eigenvalue weighted by Gasteiger charge is -2.35. The van der Waals surface area contributed by atoms with Crippen molar-refractivity contribution in [2.75, 3.05) is 45.8 Å². The first kappa shape index (κ1) is 19.9. The fourth-order valence-corrected chi connectivity index (χ4v) is 2.37. The van der Waals surface area contributed by atoms with Crippen molar-refractivity contribution in [1.29, 1.82) is 0 Å². The van der Waals surface area contributed by atoms with Crippen LogP contribution in [0.4, 0.5) is 0 Å². The highest BCUT2D eigenvalue weighted by Gasteiger charge is 2.16. The molecule has 122 valence electrons. The molecule has 0 saturated carbocycles. The summed E-state index contributed by atoms with van der Waals surface area (Å²) in [6, 6.07) is 0.623. The van der Waals surface area contributed by atoms with Gasteiger partial charge in [-0.1, -0.05) is 41.5 Å². The van der Waals surface area contributed by atoms with Crippen LogP contribution in [0.25, 0.3) is 0 Å². The van der Waals surface area contributed by atoms with E-state index in [1.165, 1.54) is 52.1 Å². The van der Waals surface area contributed by atoms with E-state index in [2.05, 4.69) is 42.8 Å². The minimum Gasteiger partial charge on any atom is -0.314 e. The van der Waals surface area contributed by atoms with Crippen LogP contribution in [0, 0.1) is 5.92 Å². The molecule has 0 atom stereocenters. The summed E-state index contributed by atoms with van der Waals surface area (Å²) in [6.45, 7) is 21.8. The Kier molecular flexibility index (Phi) is 12.5. The first-order valence-corrected chi connectivity index (χ1v) is 8.76. The quantitative estimate of drug-likeness (QED) is 0.692. The summed E-state index contributed by atoms with van der Waals surface area (Å²) in [6.07, 6.45) is 2.63. The molecule has 0 aromatic rings. The number of nitrogens with one attached hydrogen (secondary N) is 1. The zero-order valence-corrected chi connectivity index (χ0v) is 14.9. The minimum absolute atomic E-state index is 0.623. The highest BCUT2D eigenvalue weighted by Crippen LogP contribution is 2.06. The van der Waals surface area contributed by atoms with E-state index in [0.29, 0.717) is 6.04 Å². The summed E-state index contributed by atoms with van der Waals surface area (Å²) in [5.74, 6) is 0.838. The summed E-state index contributed by atoms with van der Waals surface area (Å²) in [4.78, 5) is 5.25. The predicted molar refractivity (Wildman–Crippen MR) is 91.4 cm³/mol. The van der Waals surface area contributed by atoms with Gasteiger partial charge in [0, 0.05) is 32.2 Å². The van der Waals surface area contributed by atoms with E-state index in [9.17, 15) is 0 Å². The number of hydrogen-bond donors (Lipinski definition) is 1. The van der Waals surface area contributed by atoms with Gasteiger partial charge < -0.3 is 15.1 Å². The average molecular weight is 286 g/mol. The molecule has 20 heavy (non-hydrogen) atoms. The van der Waals surface area contributed by atoms with Gasteiger partial charge in [0.25, 0.3) is 0 Å². The lowest BCUT2D eigenvalue weighted by molar-refractivity contribution is 0.127. The minimum atomic E-state index is 0.623. The summed E-state index contributed by atoms with van der Waals surface area (Å²) in [5, 5.41) is 3.49. The van der Waals surface area contributed by atoms with Crippen molar-refractivity contribution in [2.45, 2.75) is 60.4 Å². The number of nitrogens with zero attached hydrogens (tertiary/aromatic N) is 2. The lowest BCUT2D eigenvalue weighted by atomic mass is 10.1. The topological polar surface area (TPSA) is 18.5 Å². The van der Waals surface area contributed by atoms with Crippen LogP contribution in [-0.4, -0.2) is 61.7 Å². The van der Waals surface area contributed by atoms with E-state index in [4.69, 9.17) is 0 Å². The molecule has 1 aliphatic rings. The molecule has 1 rings (SSSR count). The summed E-state index contributed by atoms with van der Waals surface area (Å²) in [7, 11) is 0. The molecule has 0 radical (unpaired) electrons. The van der Waals surface area contributed by atoms with Crippen LogP contribution in [-0.2, 0) is 0 Å². The fourth-order valence-electron chi connectivity index (χ4n) is 2.37. The Hall–Kier alpha value is -0.120. The van der Waals surface area contributed by atoms with Crippen molar-refractivity contribution in [2.24, 2.45) is 5.92 Å². The Labute approximate surface area is 128 Å². The summed E-state index contributed by atoms with van der Waals surface area (Å²) < 4.78 is 0. The van der Waals surface area contributed by atoms with Gasteiger partial charge in [-0.3, -0.25) is 0 Å². The van der Waals surface area contributed by atoms with Gasteiger partial charge in [-0.15, -0.1) is 0 Å². The molecule has 0 aromatic carbocycles. The molecular weight excluding hydrogens is 246 g/mol. The maximum atomic E-state index is 3.49. The zero-order chi connectivity index (χ0) is 15.4. The monoisotopic (exact) mass is 285 g/mol. The van der Waals surface area contributed by atoms with E-state index in [0.717, 1.165) is 12.5 Å². The second kappa shape index (κ2) is 12.6. The van der Waals surface area contributed by atoms with Crippen molar-refractivity contribution in [3.63, 3.8) is 0 Å². The molecule has 1 saturated heterocycles. The van der Waals surface area contributed by atoms with E-state index in [1.807, 2.05) is 13.8 Å². The Morgan fingerprint density at radius 2 is 1.35 bits per heavy atom. The Morgan fingerprint density at radius 1 is 0.850 bits per heavy atom. The van der Waals surface area contributed by atoms with Crippen molar-refractivity contribution in [1.82, 2.24) is 15.1 Å². The molecule has 1 N–H and O–H groups in total. The van der Waals surface area contributed by atoms with Gasteiger partial charge >= 0.3 is 0 Å². The molecule has 3 nitrogen and oxygen atoms in total. The van der Waals surface area contributed by atoms with Crippen LogP contribution in [0.2, 0.25) is 0 Å². The molecule has 0 amide bonds. The van der Waals surface area contributed by atoms with Gasteiger partial charge in [-0.05, 0) is 38.4 Å². The predicted octanol–water partition coefficient (Wildman–Crippen LogP) is 3.06. The lowest BCUT2D eigenvalue weighted by Crippen LogP contribution is -2.47. The van der Waals surface area contributed by atoms with Crippen molar-refractivity contribution >= 4 is 0 Å². The molecule has 1 aliphatic heterocycles. The van der Waals surface area contributed by atoms with Gasteiger partial charge in [-0.2, -0.15) is 0 Å². The number of hydrogen-bond acceptors (Lipinski definition) is 3. The molecule has 0 aliphatic carbocycles. The van der Waals surface area contributed by atoms with Gasteiger partial charge in [0.1, 0.15) is 0 Å². The Bertz CT molecular complexity index is 196. The van der Waals surface area contributed by atoms with Crippen LogP contribution >= 0.6 is 0 Å². The third kappa shape index (κ3) is 10.6. The summed E-state index contributed by atoms with van der Waals surface area (Å²) in [5.41, 5.74) is 0. The highest BCUT2D eigenvalue weighted by atomic mass is 15.3. The van der Waals surface area contributed by atoms with E-state index in [1.54, 1.807) is 0 Å². The van der Waals surface area contributed by atoms with Crippen LogP contribution in [0.3, 0.4) is 0 Å². The molecule has 3 heteroatoms. The maximum Gasteiger partial charge on any atom is 0.0110 e. The number of piperazine rings is 1. The van der Waals surface area contributed by atoms with Crippen LogP contribution in [0.5, 0.6) is 0 Å². The SMILES string of the molecule is CC.CC(C)CCN1CCN(CCCNC(C)C)CC1. The van der Waals surface area contributed by atoms with Crippen molar-refractivity contribution in [3.05, 3.63) is 0 Å². The normalized spacial score (nSPS) is 17.4. The Balaban J connectivity index is 0.00000172. The van der Waals surface area contributed by atoms with Gasteiger partial charge in [0.2, 0.25) is 0 Å². The summed E-state index contributed by atoms with van der Waals surface area (Å²) >= 11 is 0. The smallest absolute Gasteiger partial charge is 0.0110 e. The van der Waals surface area contributed by atoms with Gasteiger partial charge in [0.05, 0.1) is 0 Å². The Morgan fingerprint density at radius 3 is 1.80 bits per heavy atom. The first-order valence-electron chi connectivity index (χ1n) is 8.76. The van der Waals surface area contributed by atoms with E-state index >= 15 is 0 Å². The third-order valence-corrected chi connectivity index (χ3v) is 3.69. The maximum absolute atomic E-state index is 3.49. The van der Waals surface area contributed by atoms with Gasteiger partial charge in [0.15, 0.2) is 0 Å². The molecule has 0 unspecified atom stereocenters. The van der Waals surface area contributed by atoms with Crippen molar-refractivity contribution < 1.29 is 0 Å².